The molecule has 0 saturated carbocycles. The van der Waals surface area contributed by atoms with Crippen molar-refractivity contribution in [2.75, 3.05) is 0 Å². The first kappa shape index (κ1) is 13.3. The smallest absolute Gasteiger partial charge is 0.120 e. The highest BCUT2D eigenvalue weighted by Gasteiger charge is 2.07. The van der Waals surface area contributed by atoms with E-state index < -0.39 is 0 Å². The first-order valence-corrected chi connectivity index (χ1v) is 6.89. The number of benzene rings is 1. The van der Waals surface area contributed by atoms with Crippen LogP contribution in [-0.2, 0) is 6.54 Å². The summed E-state index contributed by atoms with van der Waals surface area (Å²) in [6, 6.07) is 6.73. The maximum absolute atomic E-state index is 4.40. The van der Waals surface area contributed by atoms with E-state index >= 15 is 0 Å². The van der Waals surface area contributed by atoms with Gasteiger partial charge in [0, 0.05) is 16.1 Å². The molecule has 0 aliphatic carbocycles. The fourth-order valence-corrected chi connectivity index (χ4v) is 2.14. The topological polar surface area (TPSA) is 40.7 Å². The molecule has 0 fully saturated rings. The van der Waals surface area contributed by atoms with E-state index in [1.54, 1.807) is 0 Å². The lowest BCUT2D eigenvalue weighted by Gasteiger charge is -2.06. The van der Waals surface area contributed by atoms with E-state index in [-0.39, 0.29) is 0 Å². The Bertz CT molecular complexity index is 532. The van der Waals surface area contributed by atoms with Gasteiger partial charge in [0.15, 0.2) is 0 Å². The van der Waals surface area contributed by atoms with Gasteiger partial charge in [-0.05, 0) is 24.6 Å². The second-order valence-corrected chi connectivity index (χ2v) is 5.65. The van der Waals surface area contributed by atoms with E-state index in [0.717, 1.165) is 22.5 Å². The molecule has 3 nitrogen and oxygen atoms in total. The SMILES string of the molecule is Cc1ccc(Br)cc1-c1cnc(CNC(C)C)[nH]1. The normalized spacial score (nSPS) is 11.2. The molecule has 0 aliphatic rings. The Balaban J connectivity index is 2.21. The van der Waals surface area contributed by atoms with Gasteiger partial charge in [0.2, 0.25) is 0 Å². The van der Waals surface area contributed by atoms with Crippen LogP contribution in [0.5, 0.6) is 0 Å². The van der Waals surface area contributed by atoms with Crippen LogP contribution in [0.2, 0.25) is 0 Å². The summed E-state index contributed by atoms with van der Waals surface area (Å²) in [6.07, 6.45) is 1.89. The summed E-state index contributed by atoms with van der Waals surface area (Å²) in [5, 5.41) is 3.35. The third kappa shape index (κ3) is 3.21. The van der Waals surface area contributed by atoms with Gasteiger partial charge in [-0.3, -0.25) is 0 Å². The molecule has 0 amide bonds. The van der Waals surface area contributed by atoms with Gasteiger partial charge in [-0.1, -0.05) is 35.8 Å². The van der Waals surface area contributed by atoms with Crippen LogP contribution in [0.3, 0.4) is 0 Å². The molecule has 4 heteroatoms. The Morgan fingerprint density at radius 3 is 2.89 bits per heavy atom. The number of halogens is 1. The lowest BCUT2D eigenvalue weighted by Crippen LogP contribution is -2.22. The molecule has 0 radical (unpaired) electrons. The first-order valence-electron chi connectivity index (χ1n) is 6.10. The number of imidazole rings is 1. The second kappa shape index (κ2) is 5.67. The molecule has 1 aromatic heterocycles. The zero-order valence-electron chi connectivity index (χ0n) is 10.9. The number of aromatic nitrogens is 2. The number of hydrogen-bond acceptors (Lipinski definition) is 2. The van der Waals surface area contributed by atoms with Crippen LogP contribution in [0.4, 0.5) is 0 Å². The van der Waals surface area contributed by atoms with Gasteiger partial charge < -0.3 is 10.3 Å². The fourth-order valence-electron chi connectivity index (χ4n) is 1.77. The van der Waals surface area contributed by atoms with Crippen molar-refractivity contribution in [1.82, 2.24) is 15.3 Å². The van der Waals surface area contributed by atoms with Crippen molar-refractivity contribution in [3.63, 3.8) is 0 Å². The molecule has 0 saturated heterocycles. The molecular weight excluding hydrogens is 290 g/mol. The zero-order chi connectivity index (χ0) is 13.1. The lowest BCUT2D eigenvalue weighted by atomic mass is 10.1. The molecule has 2 aromatic rings. The summed E-state index contributed by atoms with van der Waals surface area (Å²) >= 11 is 3.50. The van der Waals surface area contributed by atoms with Crippen molar-refractivity contribution in [3.8, 4) is 11.3 Å². The minimum atomic E-state index is 0.464. The zero-order valence-corrected chi connectivity index (χ0v) is 12.5. The van der Waals surface area contributed by atoms with Gasteiger partial charge in [-0.15, -0.1) is 0 Å². The van der Waals surface area contributed by atoms with Crippen molar-refractivity contribution in [2.45, 2.75) is 33.4 Å². The van der Waals surface area contributed by atoms with E-state index in [4.69, 9.17) is 0 Å². The van der Waals surface area contributed by atoms with E-state index in [9.17, 15) is 0 Å². The van der Waals surface area contributed by atoms with Gasteiger partial charge >= 0.3 is 0 Å². The molecule has 1 heterocycles. The summed E-state index contributed by atoms with van der Waals surface area (Å²) in [5.74, 6) is 0.970. The summed E-state index contributed by atoms with van der Waals surface area (Å²) in [4.78, 5) is 7.76. The maximum atomic E-state index is 4.40. The Hall–Kier alpha value is -1.13. The van der Waals surface area contributed by atoms with Crippen LogP contribution in [-0.4, -0.2) is 16.0 Å². The quantitative estimate of drug-likeness (QED) is 0.905. The Morgan fingerprint density at radius 2 is 2.17 bits per heavy atom. The Morgan fingerprint density at radius 1 is 1.39 bits per heavy atom. The minimum absolute atomic E-state index is 0.464. The molecule has 0 bridgehead atoms. The van der Waals surface area contributed by atoms with Crippen molar-refractivity contribution in [1.29, 1.82) is 0 Å². The van der Waals surface area contributed by atoms with Gasteiger partial charge in [0.05, 0.1) is 18.4 Å². The molecule has 0 aliphatic heterocycles. The van der Waals surface area contributed by atoms with Gasteiger partial charge in [0.25, 0.3) is 0 Å². The number of nitrogens with zero attached hydrogens (tertiary/aromatic N) is 1. The van der Waals surface area contributed by atoms with Gasteiger partial charge in [0.1, 0.15) is 5.82 Å². The van der Waals surface area contributed by atoms with Crippen molar-refractivity contribution in [3.05, 3.63) is 40.3 Å². The standard InChI is InChI=1S/C14H18BrN3/c1-9(2)16-8-14-17-7-13(18-14)12-6-11(15)5-4-10(12)3/h4-7,9,16H,8H2,1-3H3,(H,17,18). The molecule has 0 spiro atoms. The third-order valence-electron chi connectivity index (χ3n) is 2.80. The molecule has 2 rings (SSSR count). The van der Waals surface area contributed by atoms with Gasteiger partial charge in [-0.25, -0.2) is 4.98 Å². The van der Waals surface area contributed by atoms with Crippen LogP contribution in [0.25, 0.3) is 11.3 Å². The van der Waals surface area contributed by atoms with E-state index in [2.05, 4.69) is 70.2 Å². The summed E-state index contributed by atoms with van der Waals surface area (Å²) in [6.45, 7) is 7.13. The van der Waals surface area contributed by atoms with E-state index in [0.29, 0.717) is 6.04 Å². The summed E-state index contributed by atoms with van der Waals surface area (Å²) < 4.78 is 1.08. The maximum Gasteiger partial charge on any atom is 0.120 e. The highest BCUT2D eigenvalue weighted by Crippen LogP contribution is 2.25. The third-order valence-corrected chi connectivity index (χ3v) is 3.29. The molecule has 1 aromatic carbocycles. The highest BCUT2D eigenvalue weighted by molar-refractivity contribution is 9.10. The number of nitrogens with one attached hydrogen (secondary N) is 2. The predicted octanol–water partition coefficient (Wildman–Crippen LogP) is 3.65. The molecular formula is C14H18BrN3. The highest BCUT2D eigenvalue weighted by atomic mass is 79.9. The lowest BCUT2D eigenvalue weighted by molar-refractivity contribution is 0.575. The number of H-pyrrole nitrogens is 1. The number of aromatic amines is 1. The van der Waals surface area contributed by atoms with E-state index in [1.807, 2.05) is 6.20 Å². The van der Waals surface area contributed by atoms with Crippen molar-refractivity contribution < 1.29 is 0 Å². The van der Waals surface area contributed by atoms with E-state index in [1.165, 1.54) is 11.1 Å². The van der Waals surface area contributed by atoms with Crippen molar-refractivity contribution in [2.24, 2.45) is 0 Å². The summed E-state index contributed by atoms with van der Waals surface area (Å²) in [7, 11) is 0. The number of rotatable bonds is 4. The molecule has 0 atom stereocenters. The Labute approximate surface area is 116 Å². The number of aryl methyl sites for hydroxylation is 1. The van der Waals surface area contributed by atoms with Crippen LogP contribution in [0.15, 0.2) is 28.9 Å². The fraction of sp³-hybridized carbons (Fsp3) is 0.357. The van der Waals surface area contributed by atoms with Crippen LogP contribution in [0.1, 0.15) is 25.2 Å². The molecule has 0 unspecified atom stereocenters. The summed E-state index contributed by atoms with van der Waals surface area (Å²) in [5.41, 5.74) is 3.49. The average molecular weight is 308 g/mol. The van der Waals surface area contributed by atoms with Crippen LogP contribution in [0, 0.1) is 6.92 Å². The van der Waals surface area contributed by atoms with Crippen molar-refractivity contribution >= 4 is 15.9 Å². The van der Waals surface area contributed by atoms with Crippen LogP contribution < -0.4 is 5.32 Å². The second-order valence-electron chi connectivity index (χ2n) is 4.74. The Kier molecular flexibility index (Phi) is 4.19. The molecule has 18 heavy (non-hydrogen) atoms. The first-order chi connectivity index (χ1) is 8.56. The minimum Gasteiger partial charge on any atom is -0.341 e. The molecule has 96 valence electrons. The van der Waals surface area contributed by atoms with Crippen LogP contribution >= 0.6 is 15.9 Å². The monoisotopic (exact) mass is 307 g/mol. The predicted molar refractivity (Wildman–Crippen MR) is 78.4 cm³/mol. The van der Waals surface area contributed by atoms with Gasteiger partial charge in [-0.2, -0.15) is 0 Å². The largest absolute Gasteiger partial charge is 0.341 e. The average Bonchev–Trinajstić information content (AvgIpc) is 2.78. The number of hydrogen-bond donors (Lipinski definition) is 2. The molecule has 2 N–H and O–H groups in total.